The molecule has 0 unspecified atom stereocenters. The predicted molar refractivity (Wildman–Crippen MR) is 69.0 cm³/mol. The van der Waals surface area contributed by atoms with Crippen LogP contribution in [0.4, 0.5) is 30.5 Å². The van der Waals surface area contributed by atoms with Crippen LogP contribution in [0.2, 0.25) is 0 Å². The van der Waals surface area contributed by atoms with Gasteiger partial charge in [0.05, 0.1) is 4.92 Å². The van der Waals surface area contributed by atoms with Gasteiger partial charge in [0.15, 0.2) is 0 Å². The molecular weight excluding hydrogens is 277 g/mol. The fourth-order valence-electron chi connectivity index (χ4n) is 1.65. The summed E-state index contributed by atoms with van der Waals surface area (Å²) in [5, 5.41) is 13.7. The predicted octanol–water partition coefficient (Wildman–Crippen LogP) is 2.81. The van der Waals surface area contributed by atoms with Gasteiger partial charge in [-0.25, -0.2) is 4.98 Å². The number of hydrogen-bond acceptors (Lipinski definition) is 5. The molecule has 0 amide bonds. The summed E-state index contributed by atoms with van der Waals surface area (Å²) in [5.41, 5.74) is -0.447. The summed E-state index contributed by atoms with van der Waals surface area (Å²) in [6, 6.07) is 2.52. The molecule has 0 aliphatic heterocycles. The van der Waals surface area contributed by atoms with Gasteiger partial charge in [-0.15, -0.1) is 0 Å². The molecule has 0 saturated heterocycles. The van der Waals surface area contributed by atoms with E-state index in [1.54, 1.807) is 6.92 Å². The van der Waals surface area contributed by atoms with E-state index in [1.807, 2.05) is 0 Å². The smallest absolute Gasteiger partial charge is 0.370 e. The van der Waals surface area contributed by atoms with Crippen LogP contribution in [0.1, 0.15) is 13.8 Å². The number of nitro groups is 1. The van der Waals surface area contributed by atoms with Gasteiger partial charge in [0.1, 0.15) is 12.4 Å². The highest BCUT2D eigenvalue weighted by Gasteiger charge is 2.33. The molecule has 0 aliphatic carbocycles. The second kappa shape index (κ2) is 6.40. The van der Waals surface area contributed by atoms with Crippen molar-refractivity contribution in [3.63, 3.8) is 0 Å². The van der Waals surface area contributed by atoms with Crippen LogP contribution in [0.25, 0.3) is 0 Å². The van der Waals surface area contributed by atoms with E-state index in [4.69, 9.17) is 0 Å². The van der Waals surface area contributed by atoms with Crippen molar-refractivity contribution in [3.05, 3.63) is 22.2 Å². The summed E-state index contributed by atoms with van der Waals surface area (Å²) < 4.78 is 37.5. The molecule has 0 aromatic carbocycles. The molecule has 1 heterocycles. The lowest BCUT2D eigenvalue weighted by molar-refractivity contribution is -0.384. The zero-order valence-corrected chi connectivity index (χ0v) is 11.1. The Hall–Kier alpha value is -2.06. The minimum atomic E-state index is -4.46. The maximum Gasteiger partial charge on any atom is 0.405 e. The highest BCUT2D eigenvalue weighted by molar-refractivity contribution is 5.61. The second-order valence-corrected chi connectivity index (χ2v) is 3.96. The van der Waals surface area contributed by atoms with E-state index in [1.165, 1.54) is 13.0 Å². The number of pyridine rings is 1. The van der Waals surface area contributed by atoms with Crippen molar-refractivity contribution in [2.75, 3.05) is 29.9 Å². The molecular formula is C11H15F3N4O2. The van der Waals surface area contributed by atoms with E-state index in [-0.39, 0.29) is 12.4 Å². The molecule has 0 saturated carbocycles. The molecule has 6 nitrogen and oxygen atoms in total. The minimum Gasteiger partial charge on any atom is -0.370 e. The van der Waals surface area contributed by atoms with E-state index in [0.29, 0.717) is 12.4 Å². The number of halogens is 3. The van der Waals surface area contributed by atoms with Gasteiger partial charge in [0.2, 0.25) is 5.82 Å². The average molecular weight is 292 g/mol. The third-order valence-corrected chi connectivity index (χ3v) is 2.46. The Bertz CT molecular complexity index is 479. The molecule has 1 aromatic heterocycles. The Morgan fingerprint density at radius 2 is 2.05 bits per heavy atom. The largest absolute Gasteiger partial charge is 0.405 e. The van der Waals surface area contributed by atoms with Gasteiger partial charge in [-0.2, -0.15) is 13.2 Å². The molecule has 0 aliphatic rings. The maximum atomic E-state index is 12.5. The molecule has 0 atom stereocenters. The summed E-state index contributed by atoms with van der Waals surface area (Å²) in [7, 11) is 0. The van der Waals surface area contributed by atoms with Crippen molar-refractivity contribution in [3.8, 4) is 0 Å². The Morgan fingerprint density at radius 3 is 2.50 bits per heavy atom. The number of aromatic nitrogens is 1. The lowest BCUT2D eigenvalue weighted by Gasteiger charge is -2.23. The second-order valence-electron chi connectivity index (χ2n) is 3.96. The lowest BCUT2D eigenvalue weighted by atomic mass is 10.3. The van der Waals surface area contributed by atoms with Crippen molar-refractivity contribution in [2.24, 2.45) is 0 Å². The first kappa shape index (κ1) is 16.0. The summed E-state index contributed by atoms with van der Waals surface area (Å²) in [6.07, 6.45) is -4.46. The lowest BCUT2D eigenvalue weighted by Crippen LogP contribution is -2.35. The van der Waals surface area contributed by atoms with Crippen molar-refractivity contribution in [2.45, 2.75) is 20.0 Å². The fraction of sp³-hybridized carbons (Fsp3) is 0.545. The highest BCUT2D eigenvalue weighted by Crippen LogP contribution is 2.30. The van der Waals surface area contributed by atoms with Crippen molar-refractivity contribution < 1.29 is 18.1 Å². The monoisotopic (exact) mass is 292 g/mol. The number of anilines is 2. The van der Waals surface area contributed by atoms with Crippen LogP contribution in [0.5, 0.6) is 0 Å². The van der Waals surface area contributed by atoms with E-state index < -0.39 is 23.3 Å². The Balaban J connectivity index is 3.21. The quantitative estimate of drug-likeness (QED) is 0.645. The topological polar surface area (TPSA) is 71.3 Å². The summed E-state index contributed by atoms with van der Waals surface area (Å²) in [4.78, 5) is 14.9. The van der Waals surface area contributed by atoms with E-state index in [9.17, 15) is 23.3 Å². The normalized spacial score (nSPS) is 11.2. The minimum absolute atomic E-state index is 0.0388. The third-order valence-electron chi connectivity index (χ3n) is 2.46. The van der Waals surface area contributed by atoms with Crippen molar-refractivity contribution in [1.29, 1.82) is 0 Å². The van der Waals surface area contributed by atoms with E-state index in [2.05, 4.69) is 10.3 Å². The molecule has 0 spiro atoms. The fourth-order valence-corrected chi connectivity index (χ4v) is 1.65. The number of nitrogens with one attached hydrogen (secondary N) is 1. The summed E-state index contributed by atoms with van der Waals surface area (Å²) in [5.74, 6) is 0.0157. The van der Waals surface area contributed by atoms with E-state index >= 15 is 0 Å². The summed E-state index contributed by atoms with van der Waals surface area (Å²) in [6.45, 7) is 2.46. The molecule has 112 valence electrons. The molecule has 0 bridgehead atoms. The summed E-state index contributed by atoms with van der Waals surface area (Å²) >= 11 is 0. The number of alkyl halides is 3. The number of hydrogen-bond donors (Lipinski definition) is 1. The SMILES string of the molecule is CCNc1ccc([N+](=O)[O-])c(N(CC)CC(F)(F)F)n1. The van der Waals surface area contributed by atoms with Gasteiger partial charge >= 0.3 is 11.9 Å². The van der Waals surface area contributed by atoms with Gasteiger partial charge in [-0.1, -0.05) is 0 Å². The van der Waals surface area contributed by atoms with E-state index in [0.717, 1.165) is 11.0 Å². The molecule has 1 N–H and O–H groups in total. The molecule has 9 heteroatoms. The molecule has 1 rings (SSSR count). The maximum absolute atomic E-state index is 12.5. The first-order chi connectivity index (χ1) is 9.28. The van der Waals surface area contributed by atoms with Gasteiger partial charge in [0.25, 0.3) is 0 Å². The molecule has 1 aromatic rings. The van der Waals surface area contributed by atoms with Crippen LogP contribution < -0.4 is 10.2 Å². The Labute approximate surface area is 113 Å². The average Bonchev–Trinajstić information content (AvgIpc) is 2.35. The van der Waals surface area contributed by atoms with Crippen LogP contribution >= 0.6 is 0 Å². The standard InChI is InChI=1S/C11H15F3N4O2/c1-3-15-9-6-5-8(18(19)20)10(16-9)17(4-2)7-11(12,13)14/h5-6H,3-4,7H2,1-2H3,(H,15,16). The van der Waals surface area contributed by atoms with Gasteiger partial charge < -0.3 is 10.2 Å². The first-order valence-corrected chi connectivity index (χ1v) is 5.99. The number of nitrogens with zero attached hydrogens (tertiary/aromatic N) is 3. The van der Waals surface area contributed by atoms with Crippen LogP contribution in [-0.2, 0) is 0 Å². The van der Waals surface area contributed by atoms with Crippen LogP contribution in [0.3, 0.4) is 0 Å². The molecule has 0 radical (unpaired) electrons. The first-order valence-electron chi connectivity index (χ1n) is 5.99. The Kier molecular flexibility index (Phi) is 5.12. The van der Waals surface area contributed by atoms with Crippen LogP contribution in [-0.4, -0.2) is 35.7 Å². The van der Waals surface area contributed by atoms with Gasteiger partial charge in [-0.05, 0) is 19.9 Å². The third kappa shape index (κ3) is 4.25. The Morgan fingerprint density at radius 1 is 1.40 bits per heavy atom. The van der Waals surface area contributed by atoms with Gasteiger partial charge in [-0.3, -0.25) is 10.1 Å². The zero-order chi connectivity index (χ0) is 15.3. The highest BCUT2D eigenvalue weighted by atomic mass is 19.4. The van der Waals surface area contributed by atoms with Crippen LogP contribution in [0.15, 0.2) is 12.1 Å². The molecule has 20 heavy (non-hydrogen) atoms. The van der Waals surface area contributed by atoms with Crippen molar-refractivity contribution >= 4 is 17.3 Å². The number of rotatable bonds is 6. The molecule has 0 fully saturated rings. The van der Waals surface area contributed by atoms with Crippen LogP contribution in [0, 0.1) is 10.1 Å². The zero-order valence-electron chi connectivity index (χ0n) is 11.1. The van der Waals surface area contributed by atoms with Gasteiger partial charge in [0, 0.05) is 19.2 Å². The van der Waals surface area contributed by atoms with Crippen molar-refractivity contribution in [1.82, 2.24) is 4.98 Å².